The van der Waals surface area contributed by atoms with Crippen molar-refractivity contribution in [2.24, 2.45) is 5.92 Å². The smallest absolute Gasteiger partial charge is 0.224 e. The molecular weight excluding hydrogens is 500 g/mol. The summed E-state index contributed by atoms with van der Waals surface area (Å²) in [4.78, 5) is 25.8. The fraction of sp³-hybridized carbons (Fsp3) is 0.214. The molecule has 0 aliphatic heterocycles. The monoisotopic (exact) mass is 526 g/mol. The molecule has 0 saturated heterocycles. The first kappa shape index (κ1) is 24.0. The van der Waals surface area contributed by atoms with Gasteiger partial charge in [0.1, 0.15) is 22.5 Å². The van der Waals surface area contributed by atoms with E-state index < -0.39 is 6.04 Å². The highest BCUT2D eigenvalue weighted by atomic mass is 35.5. The van der Waals surface area contributed by atoms with Crippen LogP contribution in [0.25, 0.3) is 22.2 Å². The minimum Gasteiger partial charge on any atom is -0.383 e. The summed E-state index contributed by atoms with van der Waals surface area (Å²) in [5.74, 6) is 1.40. The van der Waals surface area contributed by atoms with Crippen molar-refractivity contribution < 1.29 is 4.79 Å². The maximum atomic E-state index is 13.5. The normalized spacial score (nSPS) is 15.8. The third kappa shape index (κ3) is 4.56. The Labute approximate surface area is 224 Å². The Hall–Kier alpha value is -4.37. The number of carbonyl (C=O) groups excluding carboxylic acids is 1. The number of hydrogen-bond acceptors (Lipinski definition) is 6. The number of nitrogens with zero attached hydrogens (tertiary/aromatic N) is 3. The highest BCUT2D eigenvalue weighted by Crippen LogP contribution is 2.32. The Balaban J connectivity index is 1.29. The number of amides is 1. The minimum absolute atomic E-state index is 0.0182. The van der Waals surface area contributed by atoms with Gasteiger partial charge < -0.3 is 21.8 Å². The van der Waals surface area contributed by atoms with Gasteiger partial charge in [-0.05, 0) is 60.6 Å². The van der Waals surface area contributed by atoms with Gasteiger partial charge >= 0.3 is 0 Å². The maximum absolute atomic E-state index is 13.5. The molecule has 3 aromatic heterocycles. The van der Waals surface area contributed by atoms with Gasteiger partial charge in [0.15, 0.2) is 5.82 Å². The van der Waals surface area contributed by atoms with Crippen LogP contribution in [0.3, 0.4) is 0 Å². The number of carbonyl (C=O) groups is 1. The number of nitrogen functional groups attached to an aromatic ring is 2. The van der Waals surface area contributed by atoms with Crippen molar-refractivity contribution in [3.8, 4) is 11.3 Å². The number of nitrogens with one attached hydrogen (secondary N) is 3. The number of pyridine rings is 1. The highest BCUT2D eigenvalue weighted by Gasteiger charge is 2.29. The van der Waals surface area contributed by atoms with Gasteiger partial charge in [-0.15, -0.1) is 0 Å². The van der Waals surface area contributed by atoms with Crippen LogP contribution in [0.2, 0.25) is 5.15 Å². The standard InChI is InChI=1S/C28H27ClN8O/c29-24-23(17-6-9-20-21(14-17)36-37-26(20)31)34-27(35-24)22(12-15-4-2-1-3-5-15)33-28(38)18-7-8-19-16(13-18)10-11-32-25(19)30/h1-6,9-11,14,18,22H,7-8,12-13H2,(H2,30,32)(H,33,38)(H,34,35)(H3,31,36,37)/t18-,22-/m0/s1. The zero-order valence-electron chi connectivity index (χ0n) is 20.5. The Morgan fingerprint density at radius 2 is 1.97 bits per heavy atom. The van der Waals surface area contributed by atoms with Crippen LogP contribution in [-0.4, -0.2) is 31.1 Å². The fourth-order valence-electron chi connectivity index (χ4n) is 5.21. The number of hydrogen-bond donors (Lipinski definition) is 5. The summed E-state index contributed by atoms with van der Waals surface area (Å²) < 4.78 is 0. The number of aromatic nitrogens is 5. The lowest BCUT2D eigenvalue weighted by molar-refractivity contribution is -0.126. The molecule has 7 N–H and O–H groups in total. The Morgan fingerprint density at radius 1 is 1.13 bits per heavy atom. The molecule has 10 heteroatoms. The van der Waals surface area contributed by atoms with Crippen LogP contribution in [0.5, 0.6) is 0 Å². The number of halogens is 1. The molecule has 1 aliphatic rings. The van der Waals surface area contributed by atoms with Crippen LogP contribution in [0.15, 0.2) is 60.8 Å². The number of rotatable bonds is 6. The molecule has 0 radical (unpaired) electrons. The number of H-pyrrole nitrogens is 2. The second-order valence-corrected chi connectivity index (χ2v) is 10.1. The molecule has 192 valence electrons. The zero-order chi connectivity index (χ0) is 26.2. The average molecular weight is 527 g/mol. The van der Waals surface area contributed by atoms with Crippen molar-refractivity contribution in [2.45, 2.75) is 31.7 Å². The van der Waals surface area contributed by atoms with Crippen molar-refractivity contribution in [2.75, 3.05) is 11.5 Å². The van der Waals surface area contributed by atoms with E-state index in [1.165, 1.54) is 0 Å². The number of fused-ring (bicyclic) bond motifs is 2. The molecule has 2 aromatic carbocycles. The fourth-order valence-corrected chi connectivity index (χ4v) is 5.46. The van der Waals surface area contributed by atoms with E-state index in [1.54, 1.807) is 6.20 Å². The lowest BCUT2D eigenvalue weighted by Crippen LogP contribution is -2.38. The van der Waals surface area contributed by atoms with Crippen LogP contribution in [0.4, 0.5) is 11.6 Å². The van der Waals surface area contributed by atoms with Crippen molar-refractivity contribution >= 4 is 40.0 Å². The first-order valence-corrected chi connectivity index (χ1v) is 12.9. The summed E-state index contributed by atoms with van der Waals surface area (Å²) in [5, 5.41) is 11.5. The van der Waals surface area contributed by atoms with E-state index in [-0.39, 0.29) is 11.8 Å². The van der Waals surface area contributed by atoms with Gasteiger partial charge in [0.2, 0.25) is 5.91 Å². The Morgan fingerprint density at radius 3 is 2.82 bits per heavy atom. The maximum Gasteiger partial charge on any atom is 0.224 e. The molecule has 5 aromatic rings. The van der Waals surface area contributed by atoms with Gasteiger partial charge in [-0.25, -0.2) is 9.97 Å². The highest BCUT2D eigenvalue weighted by molar-refractivity contribution is 6.32. The molecule has 1 amide bonds. The van der Waals surface area contributed by atoms with E-state index in [1.807, 2.05) is 54.6 Å². The third-order valence-corrected chi connectivity index (χ3v) is 7.51. The number of imidazole rings is 1. The lowest BCUT2D eigenvalue weighted by atomic mass is 9.83. The van der Waals surface area contributed by atoms with E-state index in [0.29, 0.717) is 47.6 Å². The van der Waals surface area contributed by atoms with E-state index in [2.05, 4.69) is 25.5 Å². The van der Waals surface area contributed by atoms with Crippen LogP contribution < -0.4 is 16.8 Å². The number of nitrogens with two attached hydrogens (primary N) is 2. The van der Waals surface area contributed by atoms with Gasteiger partial charge in [0, 0.05) is 23.1 Å². The first-order chi connectivity index (χ1) is 18.5. The third-order valence-electron chi connectivity index (χ3n) is 7.24. The van der Waals surface area contributed by atoms with Gasteiger partial charge in [0.25, 0.3) is 0 Å². The van der Waals surface area contributed by atoms with Crippen LogP contribution in [-0.2, 0) is 24.1 Å². The summed E-state index contributed by atoms with van der Waals surface area (Å²) >= 11 is 6.64. The molecule has 0 bridgehead atoms. The minimum atomic E-state index is -0.397. The predicted molar refractivity (Wildman–Crippen MR) is 148 cm³/mol. The Kier molecular flexibility index (Phi) is 6.21. The first-order valence-electron chi connectivity index (χ1n) is 12.5. The van der Waals surface area contributed by atoms with Crippen LogP contribution in [0.1, 0.15) is 35.0 Å². The molecule has 3 heterocycles. The summed E-state index contributed by atoms with van der Waals surface area (Å²) in [5.41, 5.74) is 17.4. The largest absolute Gasteiger partial charge is 0.383 e. The summed E-state index contributed by atoms with van der Waals surface area (Å²) in [6.45, 7) is 0. The van der Waals surface area contributed by atoms with Gasteiger partial charge in [-0.3, -0.25) is 9.89 Å². The molecule has 6 rings (SSSR count). The summed E-state index contributed by atoms with van der Waals surface area (Å²) in [7, 11) is 0. The second kappa shape index (κ2) is 9.83. The average Bonchev–Trinajstić information content (AvgIpc) is 3.50. The van der Waals surface area contributed by atoms with Gasteiger partial charge in [0.05, 0.1) is 11.6 Å². The molecule has 9 nitrogen and oxygen atoms in total. The molecule has 0 unspecified atom stereocenters. The van der Waals surface area contributed by atoms with E-state index in [4.69, 9.17) is 28.1 Å². The Bertz CT molecular complexity index is 1630. The lowest BCUT2D eigenvalue weighted by Gasteiger charge is -2.26. The molecular formula is C28H27ClN8O. The van der Waals surface area contributed by atoms with Crippen molar-refractivity contribution in [3.63, 3.8) is 0 Å². The van der Waals surface area contributed by atoms with Crippen molar-refractivity contribution in [1.82, 2.24) is 30.5 Å². The van der Waals surface area contributed by atoms with Crippen LogP contribution in [0, 0.1) is 5.92 Å². The second-order valence-electron chi connectivity index (χ2n) is 9.68. The molecule has 0 fully saturated rings. The quantitative estimate of drug-likeness (QED) is 0.221. The van der Waals surface area contributed by atoms with Crippen molar-refractivity contribution in [3.05, 3.63) is 88.5 Å². The number of aromatic amines is 2. The zero-order valence-corrected chi connectivity index (χ0v) is 21.3. The molecule has 38 heavy (non-hydrogen) atoms. The molecule has 2 atom stereocenters. The predicted octanol–water partition coefficient (Wildman–Crippen LogP) is 4.37. The van der Waals surface area contributed by atoms with E-state index >= 15 is 0 Å². The van der Waals surface area contributed by atoms with E-state index in [0.717, 1.165) is 39.6 Å². The molecule has 1 aliphatic carbocycles. The number of benzene rings is 2. The summed E-state index contributed by atoms with van der Waals surface area (Å²) in [6.07, 6.45) is 4.33. The van der Waals surface area contributed by atoms with Gasteiger partial charge in [-0.1, -0.05) is 48.0 Å². The van der Waals surface area contributed by atoms with Crippen LogP contribution >= 0.6 is 11.6 Å². The molecule has 0 saturated carbocycles. The van der Waals surface area contributed by atoms with Crippen molar-refractivity contribution in [1.29, 1.82) is 0 Å². The molecule has 0 spiro atoms. The SMILES string of the molecule is Nc1nccc2c1CC[C@H](C(=O)N[C@@H](Cc1ccccc1)c1nc(-c3ccc4c(N)n[nH]c4c3)c(Cl)[nH]1)C2. The van der Waals surface area contributed by atoms with Gasteiger partial charge in [-0.2, -0.15) is 5.10 Å². The summed E-state index contributed by atoms with van der Waals surface area (Å²) in [6, 6.07) is 17.3. The van der Waals surface area contributed by atoms with E-state index in [9.17, 15) is 4.79 Å². The number of anilines is 2. The topological polar surface area (TPSA) is 151 Å².